The first kappa shape index (κ1) is 9.98. The monoisotopic (exact) mass is 413 g/mol. The minimum atomic E-state index is 1.10. The lowest BCUT2D eigenvalue weighted by atomic mass is 10.2. The lowest BCUT2D eigenvalue weighted by Gasteiger charge is -2.03. The van der Waals surface area contributed by atoms with Crippen LogP contribution in [-0.4, -0.2) is 4.57 Å². The summed E-state index contributed by atoms with van der Waals surface area (Å²) in [4.78, 5) is 0. The molecule has 0 aliphatic carbocycles. The molecule has 2 aromatic rings. The lowest BCUT2D eigenvalue weighted by molar-refractivity contribution is 0.966. The third kappa shape index (κ3) is 1.57. The van der Waals surface area contributed by atoms with Crippen molar-refractivity contribution in [3.8, 4) is 0 Å². The van der Waals surface area contributed by atoms with Crippen LogP contribution in [0.1, 0.15) is 0 Å². The van der Waals surface area contributed by atoms with Crippen LogP contribution in [0.4, 0.5) is 0 Å². The van der Waals surface area contributed by atoms with E-state index < -0.39 is 0 Å². The number of rotatable bonds is 0. The molecule has 0 unspecified atom stereocenters. The smallest absolute Gasteiger partial charge is 0.0644 e. The van der Waals surface area contributed by atoms with Crippen LogP contribution in [0.3, 0.4) is 0 Å². The van der Waals surface area contributed by atoms with Crippen molar-refractivity contribution in [2.45, 2.75) is 0 Å². The van der Waals surface area contributed by atoms with Gasteiger partial charge in [-0.05, 0) is 66.6 Å². The molecule has 0 N–H and O–H groups in total. The van der Waals surface area contributed by atoms with Crippen LogP contribution in [0.25, 0.3) is 10.9 Å². The van der Waals surface area contributed by atoms with E-state index in [-0.39, 0.29) is 0 Å². The van der Waals surface area contributed by atoms with Gasteiger partial charge in [-0.25, -0.2) is 0 Å². The molecule has 0 atom stereocenters. The molecule has 0 saturated heterocycles. The van der Waals surface area contributed by atoms with Crippen molar-refractivity contribution < 1.29 is 0 Å². The van der Waals surface area contributed by atoms with Gasteiger partial charge in [0.05, 0.1) is 9.99 Å². The Hall–Kier alpha value is 0.450. The van der Waals surface area contributed by atoms with Gasteiger partial charge in [-0.1, -0.05) is 0 Å². The Kier molecular flexibility index (Phi) is 2.72. The molecular formula is C9H6Br2IN. The predicted octanol–water partition coefficient (Wildman–Crippen LogP) is 4.31. The van der Waals surface area contributed by atoms with Crippen molar-refractivity contribution in [3.05, 3.63) is 30.8 Å². The molecule has 0 aliphatic rings. The van der Waals surface area contributed by atoms with Crippen LogP contribution in [0.2, 0.25) is 0 Å². The SMILES string of the molecule is Cn1ccc2c(I)cc(Br)c(Br)c21. The van der Waals surface area contributed by atoms with E-state index >= 15 is 0 Å². The maximum Gasteiger partial charge on any atom is 0.0644 e. The number of benzene rings is 1. The predicted molar refractivity (Wildman–Crippen MR) is 71.0 cm³/mol. The quantitative estimate of drug-likeness (QED) is 0.447. The highest BCUT2D eigenvalue weighted by Gasteiger charge is 2.09. The lowest BCUT2D eigenvalue weighted by Crippen LogP contribution is -1.87. The Morgan fingerprint density at radius 1 is 1.38 bits per heavy atom. The second-order valence-electron chi connectivity index (χ2n) is 2.84. The fourth-order valence-electron chi connectivity index (χ4n) is 1.36. The van der Waals surface area contributed by atoms with Gasteiger partial charge in [0, 0.05) is 26.7 Å². The Morgan fingerprint density at radius 2 is 2.08 bits per heavy atom. The van der Waals surface area contributed by atoms with Gasteiger partial charge in [0.25, 0.3) is 0 Å². The Bertz CT molecular complexity index is 476. The summed E-state index contributed by atoms with van der Waals surface area (Å²) in [6.07, 6.45) is 2.07. The largest absolute Gasteiger partial charge is 0.350 e. The molecule has 4 heteroatoms. The van der Waals surface area contributed by atoms with Gasteiger partial charge in [-0.3, -0.25) is 0 Å². The van der Waals surface area contributed by atoms with Crippen LogP contribution >= 0.6 is 54.5 Å². The number of halogens is 3. The second-order valence-corrected chi connectivity index (χ2v) is 5.65. The topological polar surface area (TPSA) is 4.93 Å². The molecule has 0 spiro atoms. The standard InChI is InChI=1S/C9H6Br2IN/c1-13-3-2-5-7(12)4-6(10)8(11)9(5)13/h2-4H,1H3. The van der Waals surface area contributed by atoms with Gasteiger partial charge in [0.1, 0.15) is 0 Å². The first-order valence-corrected chi connectivity index (χ1v) is 6.36. The highest BCUT2D eigenvalue weighted by molar-refractivity contribution is 14.1. The zero-order chi connectivity index (χ0) is 9.59. The third-order valence-corrected chi connectivity index (χ3v) is 4.85. The summed E-state index contributed by atoms with van der Waals surface area (Å²) >= 11 is 9.44. The molecular weight excluding hydrogens is 409 g/mol. The zero-order valence-electron chi connectivity index (χ0n) is 6.81. The minimum Gasteiger partial charge on any atom is -0.350 e. The molecule has 1 aromatic carbocycles. The van der Waals surface area contributed by atoms with Crippen LogP contribution < -0.4 is 0 Å². The molecule has 0 aliphatic heterocycles. The van der Waals surface area contributed by atoms with Gasteiger partial charge in [0.15, 0.2) is 0 Å². The van der Waals surface area contributed by atoms with Gasteiger partial charge in [0.2, 0.25) is 0 Å². The van der Waals surface area contributed by atoms with E-state index in [0.717, 1.165) is 8.95 Å². The normalized spacial score (nSPS) is 11.1. The maximum absolute atomic E-state index is 3.57. The third-order valence-electron chi connectivity index (χ3n) is 2.00. The number of nitrogens with zero attached hydrogens (tertiary/aromatic N) is 1. The highest BCUT2D eigenvalue weighted by atomic mass is 127. The molecule has 0 saturated carbocycles. The van der Waals surface area contributed by atoms with Crippen molar-refractivity contribution in [1.82, 2.24) is 4.57 Å². The Morgan fingerprint density at radius 3 is 2.77 bits per heavy atom. The molecule has 2 rings (SSSR count). The van der Waals surface area contributed by atoms with Gasteiger partial charge in [-0.15, -0.1) is 0 Å². The molecule has 1 aromatic heterocycles. The molecule has 0 radical (unpaired) electrons. The summed E-state index contributed by atoms with van der Waals surface area (Å²) in [5, 5.41) is 1.29. The van der Waals surface area contributed by atoms with Gasteiger partial charge in [-0.2, -0.15) is 0 Å². The fraction of sp³-hybridized carbons (Fsp3) is 0.111. The van der Waals surface area contributed by atoms with E-state index in [1.165, 1.54) is 14.5 Å². The molecule has 68 valence electrons. The number of aryl methyl sites for hydroxylation is 1. The average molecular weight is 415 g/mol. The highest BCUT2D eigenvalue weighted by Crippen LogP contribution is 2.34. The molecule has 0 fully saturated rings. The van der Waals surface area contributed by atoms with Crippen LogP contribution in [0.5, 0.6) is 0 Å². The number of aromatic nitrogens is 1. The molecule has 13 heavy (non-hydrogen) atoms. The molecule has 0 amide bonds. The Labute approximate surface area is 107 Å². The summed E-state index contributed by atoms with van der Waals surface area (Å²) in [7, 11) is 2.05. The summed E-state index contributed by atoms with van der Waals surface area (Å²) in [6, 6.07) is 4.25. The Balaban J connectivity index is 3.00. The van der Waals surface area contributed by atoms with Crippen molar-refractivity contribution in [2.24, 2.45) is 7.05 Å². The van der Waals surface area contributed by atoms with Crippen molar-refractivity contribution in [1.29, 1.82) is 0 Å². The molecule has 0 bridgehead atoms. The van der Waals surface area contributed by atoms with E-state index in [4.69, 9.17) is 0 Å². The van der Waals surface area contributed by atoms with Crippen LogP contribution in [-0.2, 0) is 7.05 Å². The van der Waals surface area contributed by atoms with Crippen LogP contribution in [0, 0.1) is 3.57 Å². The zero-order valence-corrected chi connectivity index (χ0v) is 12.1. The van der Waals surface area contributed by atoms with E-state index in [9.17, 15) is 0 Å². The fourth-order valence-corrected chi connectivity index (χ4v) is 3.56. The number of fused-ring (bicyclic) bond motifs is 1. The average Bonchev–Trinajstić information content (AvgIpc) is 2.44. The van der Waals surface area contributed by atoms with E-state index in [1.807, 2.05) is 0 Å². The summed E-state index contributed by atoms with van der Waals surface area (Å²) < 4.78 is 5.61. The van der Waals surface area contributed by atoms with Crippen molar-refractivity contribution in [2.75, 3.05) is 0 Å². The van der Waals surface area contributed by atoms with E-state index in [2.05, 4.69) is 84.4 Å². The second kappa shape index (κ2) is 3.55. The number of hydrogen-bond donors (Lipinski definition) is 0. The van der Waals surface area contributed by atoms with Crippen LogP contribution in [0.15, 0.2) is 27.3 Å². The first-order chi connectivity index (χ1) is 6.11. The van der Waals surface area contributed by atoms with Gasteiger partial charge >= 0.3 is 0 Å². The minimum absolute atomic E-state index is 1.10. The van der Waals surface area contributed by atoms with Crippen molar-refractivity contribution >= 4 is 65.4 Å². The molecule has 1 nitrogen and oxygen atoms in total. The first-order valence-electron chi connectivity index (χ1n) is 3.70. The summed E-state index contributed by atoms with van der Waals surface area (Å²) in [5.41, 5.74) is 1.23. The van der Waals surface area contributed by atoms with Gasteiger partial charge < -0.3 is 4.57 Å². The maximum atomic E-state index is 3.57. The van der Waals surface area contributed by atoms with E-state index in [0.29, 0.717) is 0 Å². The van der Waals surface area contributed by atoms with E-state index in [1.54, 1.807) is 0 Å². The summed E-state index contributed by atoms with van der Waals surface area (Å²) in [6.45, 7) is 0. The summed E-state index contributed by atoms with van der Waals surface area (Å²) in [5.74, 6) is 0. The number of hydrogen-bond acceptors (Lipinski definition) is 0. The van der Waals surface area contributed by atoms with Crippen molar-refractivity contribution in [3.63, 3.8) is 0 Å². The molecule has 1 heterocycles.